The number of rotatable bonds is 6. The Morgan fingerprint density at radius 2 is 1.82 bits per heavy atom. The molecule has 2 aromatic heterocycles. The number of ether oxygens (including phenoxy) is 3. The number of fused-ring (bicyclic) bond motifs is 6. The zero-order valence-electron chi connectivity index (χ0n) is 25.9. The van der Waals surface area contributed by atoms with E-state index in [4.69, 9.17) is 14.2 Å². The van der Waals surface area contributed by atoms with Crippen LogP contribution in [0.2, 0.25) is 0 Å². The smallest absolute Gasteiger partial charge is 0.259 e. The second-order valence-electron chi connectivity index (χ2n) is 11.5. The molecule has 4 bridgehead atoms. The Morgan fingerprint density at radius 1 is 1.02 bits per heavy atom. The van der Waals surface area contributed by atoms with Crippen LogP contribution in [-0.4, -0.2) is 73.1 Å². The Labute approximate surface area is 257 Å². The molecule has 11 nitrogen and oxygen atoms in total. The van der Waals surface area contributed by atoms with Gasteiger partial charge in [0.2, 0.25) is 11.8 Å². The van der Waals surface area contributed by atoms with Crippen molar-refractivity contribution in [3.63, 3.8) is 0 Å². The maximum absolute atomic E-state index is 14.2. The first kappa shape index (κ1) is 30.8. The van der Waals surface area contributed by atoms with Crippen molar-refractivity contribution in [2.24, 2.45) is 5.92 Å². The Kier molecular flexibility index (Phi) is 9.32. The van der Waals surface area contributed by atoms with E-state index in [9.17, 15) is 14.4 Å². The fourth-order valence-corrected chi connectivity index (χ4v) is 5.83. The minimum absolute atomic E-state index is 0.147. The van der Waals surface area contributed by atoms with Gasteiger partial charge in [-0.2, -0.15) is 0 Å². The minimum atomic E-state index is -0.767. The van der Waals surface area contributed by atoms with Crippen molar-refractivity contribution in [2.45, 2.75) is 52.1 Å². The van der Waals surface area contributed by atoms with E-state index in [1.807, 2.05) is 32.0 Å². The topological polar surface area (TPSA) is 132 Å². The van der Waals surface area contributed by atoms with E-state index in [0.717, 1.165) is 36.1 Å². The van der Waals surface area contributed by atoms with Crippen LogP contribution in [-0.2, 0) is 24.2 Å². The van der Waals surface area contributed by atoms with Gasteiger partial charge in [0.25, 0.3) is 11.8 Å². The molecule has 1 aromatic carbocycles. The Balaban J connectivity index is 1.61. The first-order valence-electron chi connectivity index (χ1n) is 14.9. The highest BCUT2D eigenvalue weighted by molar-refractivity contribution is 5.99. The summed E-state index contributed by atoms with van der Waals surface area (Å²) in [6, 6.07) is 6.54. The lowest BCUT2D eigenvalue weighted by Gasteiger charge is -2.26. The monoisotopic (exact) mass is 601 g/mol. The average Bonchev–Trinajstić information content (AvgIpc) is 3.49. The summed E-state index contributed by atoms with van der Waals surface area (Å²) in [5.74, 6) is 0.365. The van der Waals surface area contributed by atoms with Gasteiger partial charge in [0, 0.05) is 48.8 Å². The molecule has 0 saturated carbocycles. The van der Waals surface area contributed by atoms with E-state index in [1.165, 1.54) is 13.3 Å². The number of aryl methyl sites for hydroxylation is 2. The number of carbonyl (C=O) groups is 3. The lowest BCUT2D eigenvalue weighted by atomic mass is 10.00. The van der Waals surface area contributed by atoms with Crippen molar-refractivity contribution in [1.29, 1.82) is 0 Å². The number of nitrogens with one attached hydrogen (secondary N) is 2. The number of methoxy groups -OCH3 is 3. The van der Waals surface area contributed by atoms with Crippen LogP contribution in [0.3, 0.4) is 0 Å². The molecule has 0 unspecified atom stereocenters. The van der Waals surface area contributed by atoms with Gasteiger partial charge < -0.3 is 29.7 Å². The Bertz CT molecular complexity index is 1570. The van der Waals surface area contributed by atoms with E-state index in [-0.39, 0.29) is 43.2 Å². The van der Waals surface area contributed by atoms with E-state index < -0.39 is 11.9 Å². The number of amides is 3. The first-order valence-corrected chi connectivity index (χ1v) is 14.9. The molecular formula is C33H39N5O6. The lowest BCUT2D eigenvalue weighted by molar-refractivity contribution is -0.123. The fraction of sp³-hybridized carbons (Fsp3) is 0.424. The van der Waals surface area contributed by atoms with Gasteiger partial charge >= 0.3 is 0 Å². The third-order valence-electron chi connectivity index (χ3n) is 7.96. The summed E-state index contributed by atoms with van der Waals surface area (Å²) in [7, 11) is 4.60. The van der Waals surface area contributed by atoms with Crippen LogP contribution in [0.4, 0.5) is 0 Å². The van der Waals surface area contributed by atoms with E-state index >= 15 is 0 Å². The van der Waals surface area contributed by atoms with Gasteiger partial charge in [-0.05, 0) is 67.0 Å². The molecule has 3 aromatic rings. The van der Waals surface area contributed by atoms with Crippen LogP contribution < -0.4 is 24.8 Å². The molecule has 3 heterocycles. The Hall–Kier alpha value is -4.67. The van der Waals surface area contributed by atoms with Crippen molar-refractivity contribution in [3.05, 3.63) is 64.6 Å². The number of hydrogen-bond donors (Lipinski definition) is 2. The minimum Gasteiger partial charge on any atom is -0.493 e. The molecule has 1 atom stereocenters. The summed E-state index contributed by atoms with van der Waals surface area (Å²) < 4.78 is 17.0. The van der Waals surface area contributed by atoms with Crippen LogP contribution in [0.25, 0.3) is 11.1 Å². The van der Waals surface area contributed by atoms with Gasteiger partial charge in [0.05, 0.1) is 26.9 Å². The molecule has 2 aliphatic rings. The first-order chi connectivity index (χ1) is 21.2. The third-order valence-corrected chi connectivity index (χ3v) is 7.96. The Morgan fingerprint density at radius 3 is 2.55 bits per heavy atom. The van der Waals surface area contributed by atoms with Crippen molar-refractivity contribution < 1.29 is 28.6 Å². The van der Waals surface area contributed by atoms with Gasteiger partial charge in [0.15, 0.2) is 11.5 Å². The number of hydrogen-bond acceptors (Lipinski definition) is 8. The van der Waals surface area contributed by atoms with Crippen LogP contribution in [0.5, 0.6) is 17.4 Å². The predicted molar refractivity (Wildman–Crippen MR) is 164 cm³/mol. The number of benzene rings is 1. The molecule has 1 aliphatic heterocycles. The van der Waals surface area contributed by atoms with Gasteiger partial charge in [-0.3, -0.25) is 19.4 Å². The molecule has 0 fully saturated rings. The van der Waals surface area contributed by atoms with Crippen LogP contribution in [0.15, 0.2) is 36.7 Å². The predicted octanol–water partition coefficient (Wildman–Crippen LogP) is 3.57. The molecule has 44 heavy (non-hydrogen) atoms. The largest absolute Gasteiger partial charge is 0.493 e. The quantitative estimate of drug-likeness (QED) is 0.438. The molecule has 5 rings (SSSR count). The lowest BCUT2D eigenvalue weighted by Crippen LogP contribution is -2.49. The molecule has 232 valence electrons. The average molecular weight is 602 g/mol. The van der Waals surface area contributed by atoms with Gasteiger partial charge in [0.1, 0.15) is 11.6 Å². The molecule has 11 heteroatoms. The van der Waals surface area contributed by atoms with Crippen molar-refractivity contribution >= 4 is 17.7 Å². The standard InChI is InChI=1S/C33H39N5O6/c1-19(2)11-27-31(40)35-9-10-38(33(41)25-15-21-7-6-8-26(21)37-32(25)44-5)18-20-12-24(29(43-4)28(13-20)42-3)22-14-23(17-34-16-22)30(39)36-27/h12-17,19,27H,6-11,18H2,1-5H3,(H,35,40)(H,36,39)/t27-/m1/s1. The molecule has 2 N–H and O–H groups in total. The second kappa shape index (κ2) is 13.3. The van der Waals surface area contributed by atoms with E-state index in [2.05, 4.69) is 20.6 Å². The molecule has 0 spiro atoms. The maximum atomic E-state index is 14.2. The van der Waals surface area contributed by atoms with Crippen LogP contribution in [0.1, 0.15) is 64.2 Å². The zero-order valence-corrected chi connectivity index (χ0v) is 25.9. The highest BCUT2D eigenvalue weighted by Crippen LogP contribution is 2.40. The van der Waals surface area contributed by atoms with Gasteiger partial charge in [-0.15, -0.1) is 0 Å². The second-order valence-corrected chi connectivity index (χ2v) is 11.5. The molecule has 0 saturated heterocycles. The highest BCUT2D eigenvalue weighted by Gasteiger charge is 2.28. The third kappa shape index (κ3) is 6.46. The SMILES string of the molecule is COc1cc2cc(c1OC)-c1cncc(c1)C(=O)N[C@H](CC(C)C)C(=O)NCCN(C(=O)c1cc3c(nc1OC)CCC3)C2. The van der Waals surface area contributed by atoms with E-state index in [1.54, 1.807) is 31.4 Å². The van der Waals surface area contributed by atoms with Gasteiger partial charge in [-0.1, -0.05) is 13.8 Å². The van der Waals surface area contributed by atoms with Crippen molar-refractivity contribution in [1.82, 2.24) is 25.5 Å². The summed E-state index contributed by atoms with van der Waals surface area (Å²) in [4.78, 5) is 51.5. The number of pyridine rings is 2. The van der Waals surface area contributed by atoms with E-state index in [0.29, 0.717) is 40.2 Å². The molecular weight excluding hydrogens is 562 g/mol. The van der Waals surface area contributed by atoms with Gasteiger partial charge in [-0.25, -0.2) is 4.98 Å². The normalized spacial score (nSPS) is 16.8. The number of nitrogens with zero attached hydrogens (tertiary/aromatic N) is 3. The molecule has 1 aliphatic carbocycles. The van der Waals surface area contributed by atoms with Crippen LogP contribution in [0, 0.1) is 5.92 Å². The summed E-state index contributed by atoms with van der Waals surface area (Å²) in [5, 5.41) is 5.81. The maximum Gasteiger partial charge on any atom is 0.259 e. The summed E-state index contributed by atoms with van der Waals surface area (Å²) >= 11 is 0. The van der Waals surface area contributed by atoms with Crippen LogP contribution >= 0.6 is 0 Å². The van der Waals surface area contributed by atoms with Crippen molar-refractivity contribution in [2.75, 3.05) is 34.4 Å². The molecule has 0 radical (unpaired) electrons. The highest BCUT2D eigenvalue weighted by atomic mass is 16.5. The fourth-order valence-electron chi connectivity index (χ4n) is 5.83. The number of aromatic nitrogens is 2. The zero-order chi connectivity index (χ0) is 31.4. The summed E-state index contributed by atoms with van der Waals surface area (Å²) in [5.41, 5.74) is 4.72. The summed E-state index contributed by atoms with van der Waals surface area (Å²) in [6.45, 7) is 4.54. The number of carbonyl (C=O) groups excluding carboxylic acids is 3. The van der Waals surface area contributed by atoms with Crippen molar-refractivity contribution in [3.8, 4) is 28.5 Å². The summed E-state index contributed by atoms with van der Waals surface area (Å²) in [6.07, 6.45) is 6.24. The molecule has 3 amide bonds.